The van der Waals surface area contributed by atoms with Gasteiger partial charge in [-0.3, -0.25) is 0 Å². The van der Waals surface area contributed by atoms with Crippen LogP contribution in [0.25, 0.3) is 22.6 Å². The van der Waals surface area contributed by atoms with Crippen molar-refractivity contribution in [2.75, 3.05) is 25.1 Å². The number of aliphatic hydroxyl groups is 1. The van der Waals surface area contributed by atoms with Crippen molar-refractivity contribution in [3.05, 3.63) is 48.2 Å². The number of imidazole rings is 1. The maximum absolute atomic E-state index is 13.6. The molecular weight excluding hydrogens is 437 g/mol. The summed E-state index contributed by atoms with van der Waals surface area (Å²) in [5.74, 6) is 0.758. The van der Waals surface area contributed by atoms with Gasteiger partial charge in [-0.15, -0.1) is 0 Å². The van der Waals surface area contributed by atoms with Crippen molar-refractivity contribution in [2.24, 2.45) is 5.41 Å². The van der Waals surface area contributed by atoms with Crippen LogP contribution in [0.4, 0.5) is 10.3 Å². The van der Waals surface area contributed by atoms with Crippen LogP contribution in [0.15, 0.2) is 36.5 Å². The maximum Gasteiger partial charge on any atom is 0.223 e. The quantitative estimate of drug-likeness (QED) is 0.491. The van der Waals surface area contributed by atoms with E-state index in [0.717, 1.165) is 18.4 Å². The highest BCUT2D eigenvalue weighted by Crippen LogP contribution is 2.35. The third-order valence-corrected chi connectivity index (χ3v) is 6.46. The first-order chi connectivity index (χ1) is 16.5. The Morgan fingerprint density at radius 1 is 1.09 bits per heavy atom. The number of anilines is 1. The maximum atomic E-state index is 13.6. The molecule has 1 saturated carbocycles. The fourth-order valence-electron chi connectivity index (χ4n) is 4.39. The lowest BCUT2D eigenvalue weighted by Crippen LogP contribution is -2.39. The van der Waals surface area contributed by atoms with Gasteiger partial charge in [-0.1, -0.05) is 26.2 Å². The van der Waals surface area contributed by atoms with Gasteiger partial charge < -0.3 is 24.9 Å². The van der Waals surface area contributed by atoms with Crippen LogP contribution in [0, 0.1) is 11.2 Å². The van der Waals surface area contributed by atoms with Crippen LogP contribution in [0.2, 0.25) is 0 Å². The first-order valence-corrected chi connectivity index (χ1v) is 11.8. The minimum Gasteiger partial charge on any atom is -0.396 e. The number of benzene rings is 1. The first kappa shape index (κ1) is 22.9. The van der Waals surface area contributed by atoms with Gasteiger partial charge in [-0.05, 0) is 43.2 Å². The molecule has 2 aliphatic rings. The summed E-state index contributed by atoms with van der Waals surface area (Å²) in [4.78, 5) is 17.2. The van der Waals surface area contributed by atoms with Gasteiger partial charge in [0.25, 0.3) is 0 Å². The van der Waals surface area contributed by atoms with Crippen molar-refractivity contribution in [1.29, 1.82) is 0 Å². The molecule has 8 nitrogen and oxygen atoms in total. The molecule has 2 fully saturated rings. The molecule has 9 heteroatoms. The van der Waals surface area contributed by atoms with Gasteiger partial charge in [-0.2, -0.15) is 0 Å². The standard InChI is InChI=1S/C25H30FN5O3/c1-25(13-32)14-33-23(34-15-25)22-30-20(16-7-9-17(26)10-8-16)21(31-22)19-11-12-27-24(29-19)28-18-5-3-2-4-6-18/h7-12,18,23,32H,2-6,13-15H2,1H3,(H,30,31)(H,27,28,29). The molecule has 0 spiro atoms. The van der Waals surface area contributed by atoms with E-state index in [1.807, 2.05) is 13.0 Å². The van der Waals surface area contributed by atoms with Crippen molar-refractivity contribution in [1.82, 2.24) is 19.9 Å². The summed E-state index contributed by atoms with van der Waals surface area (Å²) < 4.78 is 25.3. The van der Waals surface area contributed by atoms with Crippen LogP contribution in [-0.4, -0.2) is 50.9 Å². The molecule has 2 aromatic heterocycles. The Morgan fingerprint density at radius 3 is 2.53 bits per heavy atom. The lowest BCUT2D eigenvalue weighted by molar-refractivity contribution is -0.239. The highest BCUT2D eigenvalue weighted by molar-refractivity contribution is 5.77. The molecule has 0 amide bonds. The van der Waals surface area contributed by atoms with Crippen LogP contribution < -0.4 is 5.32 Å². The van der Waals surface area contributed by atoms with Crippen molar-refractivity contribution < 1.29 is 19.0 Å². The van der Waals surface area contributed by atoms with Crippen molar-refractivity contribution in [3.8, 4) is 22.6 Å². The number of halogens is 1. The summed E-state index contributed by atoms with van der Waals surface area (Å²) in [6.45, 7) is 2.57. The molecule has 0 bridgehead atoms. The van der Waals surface area contributed by atoms with Gasteiger partial charge in [0.1, 0.15) is 5.82 Å². The van der Waals surface area contributed by atoms with Crippen LogP contribution in [0.5, 0.6) is 0 Å². The molecule has 3 aromatic rings. The number of hydrogen-bond acceptors (Lipinski definition) is 7. The molecular formula is C25H30FN5O3. The van der Waals surface area contributed by atoms with E-state index < -0.39 is 11.7 Å². The lowest BCUT2D eigenvalue weighted by Gasteiger charge is -2.35. The smallest absolute Gasteiger partial charge is 0.223 e. The summed E-state index contributed by atoms with van der Waals surface area (Å²) in [5.41, 5.74) is 2.27. The largest absolute Gasteiger partial charge is 0.396 e. The van der Waals surface area contributed by atoms with E-state index in [9.17, 15) is 9.50 Å². The highest BCUT2D eigenvalue weighted by Gasteiger charge is 2.34. The Morgan fingerprint density at radius 2 is 1.82 bits per heavy atom. The topological polar surface area (TPSA) is 105 Å². The van der Waals surface area contributed by atoms with E-state index in [1.54, 1.807) is 18.3 Å². The van der Waals surface area contributed by atoms with E-state index in [-0.39, 0.29) is 12.4 Å². The zero-order valence-corrected chi connectivity index (χ0v) is 19.3. The van der Waals surface area contributed by atoms with E-state index in [0.29, 0.717) is 48.1 Å². The van der Waals surface area contributed by atoms with Crippen LogP contribution in [-0.2, 0) is 9.47 Å². The zero-order valence-electron chi connectivity index (χ0n) is 19.3. The molecule has 1 saturated heterocycles. The number of aromatic amines is 1. The summed E-state index contributed by atoms with van der Waals surface area (Å²) in [6.07, 6.45) is 6.97. The number of nitrogens with one attached hydrogen (secondary N) is 2. The van der Waals surface area contributed by atoms with Crippen LogP contribution >= 0.6 is 0 Å². The summed E-state index contributed by atoms with van der Waals surface area (Å²) >= 11 is 0. The van der Waals surface area contributed by atoms with Crippen LogP contribution in [0.3, 0.4) is 0 Å². The molecule has 5 rings (SSSR count). The Labute approximate surface area is 198 Å². The lowest BCUT2D eigenvalue weighted by atomic mass is 9.94. The minimum absolute atomic E-state index is 0.0261. The predicted molar refractivity (Wildman–Crippen MR) is 125 cm³/mol. The summed E-state index contributed by atoms with van der Waals surface area (Å²) in [7, 11) is 0. The Kier molecular flexibility index (Phi) is 6.58. The molecule has 1 aliphatic heterocycles. The van der Waals surface area contributed by atoms with Gasteiger partial charge in [-0.25, -0.2) is 19.3 Å². The first-order valence-electron chi connectivity index (χ1n) is 11.8. The molecule has 1 aromatic carbocycles. The predicted octanol–water partition coefficient (Wildman–Crippen LogP) is 4.46. The minimum atomic E-state index is -0.700. The Bertz CT molecular complexity index is 1110. The number of H-pyrrole nitrogens is 1. The molecule has 0 radical (unpaired) electrons. The number of aromatic nitrogens is 4. The second kappa shape index (κ2) is 9.77. The second-order valence-corrected chi connectivity index (χ2v) is 9.52. The van der Waals surface area contributed by atoms with Crippen molar-refractivity contribution in [2.45, 2.75) is 51.4 Å². The highest BCUT2D eigenvalue weighted by atomic mass is 19.1. The normalized spacial score (nSPS) is 23.7. The fraction of sp³-hybridized carbons (Fsp3) is 0.480. The average Bonchev–Trinajstić information content (AvgIpc) is 3.31. The number of ether oxygens (including phenoxy) is 2. The van der Waals surface area contributed by atoms with Crippen LogP contribution in [0.1, 0.15) is 51.1 Å². The fourth-order valence-corrected chi connectivity index (χ4v) is 4.39. The van der Waals surface area contributed by atoms with Gasteiger partial charge in [0.2, 0.25) is 12.2 Å². The van der Waals surface area contributed by atoms with Gasteiger partial charge in [0.15, 0.2) is 5.82 Å². The summed E-state index contributed by atoms with van der Waals surface area (Å²) in [6, 6.07) is 8.39. The Hall–Kier alpha value is -2.88. The third-order valence-electron chi connectivity index (χ3n) is 6.46. The summed E-state index contributed by atoms with van der Waals surface area (Å²) in [5, 5.41) is 13.0. The SMILES string of the molecule is CC1(CO)COC(c2nc(-c3ccc(F)cc3)c(-c3ccnc(NC4CCCCC4)n3)[nH]2)OC1. The molecule has 3 heterocycles. The van der Waals surface area contributed by atoms with Gasteiger partial charge in [0.05, 0.1) is 36.9 Å². The molecule has 3 N–H and O–H groups in total. The molecule has 0 atom stereocenters. The molecule has 34 heavy (non-hydrogen) atoms. The van der Waals surface area contributed by atoms with E-state index >= 15 is 0 Å². The molecule has 1 aliphatic carbocycles. The number of aliphatic hydroxyl groups excluding tert-OH is 1. The van der Waals surface area contributed by atoms with E-state index in [2.05, 4.69) is 15.3 Å². The molecule has 0 unspecified atom stereocenters. The molecule has 180 valence electrons. The van der Waals surface area contributed by atoms with Gasteiger partial charge in [0, 0.05) is 23.2 Å². The van der Waals surface area contributed by atoms with Gasteiger partial charge >= 0.3 is 0 Å². The van der Waals surface area contributed by atoms with E-state index in [4.69, 9.17) is 19.4 Å². The van der Waals surface area contributed by atoms with Crippen molar-refractivity contribution >= 4 is 5.95 Å². The zero-order chi connectivity index (χ0) is 23.5. The monoisotopic (exact) mass is 467 g/mol. The number of nitrogens with zero attached hydrogens (tertiary/aromatic N) is 3. The number of rotatable bonds is 6. The second-order valence-electron chi connectivity index (χ2n) is 9.52. The Balaban J connectivity index is 1.47. The number of hydrogen-bond donors (Lipinski definition) is 3. The van der Waals surface area contributed by atoms with Crippen molar-refractivity contribution in [3.63, 3.8) is 0 Å². The average molecular weight is 468 g/mol. The van der Waals surface area contributed by atoms with E-state index in [1.165, 1.54) is 31.4 Å². The third kappa shape index (κ3) is 4.96.